The molecule has 10 heteroatoms. The van der Waals surface area contributed by atoms with Crippen LogP contribution in [-0.2, 0) is 32.6 Å². The van der Waals surface area contributed by atoms with Crippen molar-refractivity contribution in [2.75, 3.05) is 17.9 Å². The first-order valence-electron chi connectivity index (χ1n) is 13.2. The van der Waals surface area contributed by atoms with Crippen LogP contribution in [0.2, 0.25) is 5.02 Å². The van der Waals surface area contributed by atoms with Crippen molar-refractivity contribution in [1.82, 2.24) is 10.2 Å². The summed E-state index contributed by atoms with van der Waals surface area (Å²) in [5, 5.41) is 3.03. The smallest absolute Gasteiger partial charge is 0.264 e. The lowest BCUT2D eigenvalue weighted by Gasteiger charge is -2.33. The third kappa shape index (κ3) is 7.54. The summed E-state index contributed by atoms with van der Waals surface area (Å²) in [5.74, 6) is -1.48. The fourth-order valence-corrected chi connectivity index (χ4v) is 6.02. The number of amides is 2. The number of sulfonamides is 1. The zero-order valence-corrected chi connectivity index (χ0v) is 24.8. The number of nitrogens with zero attached hydrogens (tertiary/aromatic N) is 2. The summed E-state index contributed by atoms with van der Waals surface area (Å²) in [6.07, 6.45) is 0.180. The Hall–Kier alpha value is -4.21. The summed E-state index contributed by atoms with van der Waals surface area (Å²) in [4.78, 5) is 28.8. The number of hydrogen-bond donors (Lipinski definition) is 1. The first-order valence-corrected chi connectivity index (χ1v) is 15.0. The van der Waals surface area contributed by atoms with Crippen LogP contribution in [0.5, 0.6) is 0 Å². The number of nitrogens with one attached hydrogen (secondary N) is 1. The summed E-state index contributed by atoms with van der Waals surface area (Å²) >= 11 is 6.08. The van der Waals surface area contributed by atoms with Gasteiger partial charge in [-0.25, -0.2) is 12.8 Å². The van der Waals surface area contributed by atoms with Crippen molar-refractivity contribution in [3.05, 3.63) is 131 Å². The Morgan fingerprint density at radius 1 is 0.857 bits per heavy atom. The number of halogens is 2. The van der Waals surface area contributed by atoms with E-state index in [0.717, 1.165) is 15.4 Å². The molecule has 1 N–H and O–H groups in total. The monoisotopic (exact) mass is 607 g/mol. The van der Waals surface area contributed by atoms with E-state index >= 15 is 0 Å². The Bertz CT molecular complexity index is 1620. The quantitative estimate of drug-likeness (QED) is 0.248. The van der Waals surface area contributed by atoms with Gasteiger partial charge in [0, 0.05) is 25.0 Å². The molecule has 0 aromatic heterocycles. The fraction of sp³-hybridized carbons (Fsp3) is 0.188. The van der Waals surface area contributed by atoms with Gasteiger partial charge in [0.1, 0.15) is 18.4 Å². The second-order valence-electron chi connectivity index (χ2n) is 9.77. The van der Waals surface area contributed by atoms with Crippen LogP contribution in [0.4, 0.5) is 10.1 Å². The maximum Gasteiger partial charge on any atom is 0.264 e. The molecule has 4 aromatic carbocycles. The Labute approximate surface area is 250 Å². The largest absolute Gasteiger partial charge is 0.357 e. The van der Waals surface area contributed by atoms with E-state index in [0.29, 0.717) is 10.6 Å². The Morgan fingerprint density at radius 3 is 2.07 bits per heavy atom. The van der Waals surface area contributed by atoms with Gasteiger partial charge in [-0.05, 0) is 66.6 Å². The highest BCUT2D eigenvalue weighted by molar-refractivity contribution is 7.92. The summed E-state index contributed by atoms with van der Waals surface area (Å²) in [5.41, 5.74) is 2.49. The molecule has 0 bridgehead atoms. The van der Waals surface area contributed by atoms with Gasteiger partial charge in [-0.1, -0.05) is 71.8 Å². The predicted octanol–water partition coefficient (Wildman–Crippen LogP) is 5.37. The van der Waals surface area contributed by atoms with Gasteiger partial charge in [0.15, 0.2) is 0 Å². The van der Waals surface area contributed by atoms with E-state index in [1.54, 1.807) is 12.1 Å². The molecule has 218 valence electrons. The molecule has 0 fully saturated rings. The predicted molar refractivity (Wildman–Crippen MR) is 162 cm³/mol. The molecule has 1 atom stereocenters. The van der Waals surface area contributed by atoms with Crippen LogP contribution >= 0.6 is 11.6 Å². The van der Waals surface area contributed by atoms with Crippen LogP contribution in [0.15, 0.2) is 108 Å². The Kier molecular flexibility index (Phi) is 9.98. The minimum Gasteiger partial charge on any atom is -0.357 e. The fourth-order valence-electron chi connectivity index (χ4n) is 4.48. The molecule has 0 saturated heterocycles. The highest BCUT2D eigenvalue weighted by Crippen LogP contribution is 2.26. The first-order chi connectivity index (χ1) is 20.1. The van der Waals surface area contributed by atoms with Gasteiger partial charge in [-0.3, -0.25) is 13.9 Å². The summed E-state index contributed by atoms with van der Waals surface area (Å²) in [6.45, 7) is 1.19. The maximum atomic E-state index is 14.2. The van der Waals surface area contributed by atoms with E-state index in [1.165, 1.54) is 72.6 Å². The number of carbonyl (C=O) groups is 2. The van der Waals surface area contributed by atoms with Crippen molar-refractivity contribution in [2.45, 2.75) is 30.8 Å². The van der Waals surface area contributed by atoms with E-state index in [1.807, 2.05) is 37.3 Å². The molecule has 0 radical (unpaired) electrons. The molecule has 7 nitrogen and oxygen atoms in total. The number of benzene rings is 4. The Morgan fingerprint density at radius 2 is 1.48 bits per heavy atom. The number of rotatable bonds is 11. The van der Waals surface area contributed by atoms with E-state index in [-0.39, 0.29) is 23.5 Å². The van der Waals surface area contributed by atoms with Crippen LogP contribution in [0, 0.1) is 12.7 Å². The van der Waals surface area contributed by atoms with Gasteiger partial charge >= 0.3 is 0 Å². The normalized spacial score (nSPS) is 11.9. The van der Waals surface area contributed by atoms with Crippen LogP contribution in [0.25, 0.3) is 0 Å². The van der Waals surface area contributed by atoms with Crippen LogP contribution in [0.1, 0.15) is 16.7 Å². The van der Waals surface area contributed by atoms with Crippen LogP contribution in [-0.4, -0.2) is 44.8 Å². The lowest BCUT2D eigenvalue weighted by Crippen LogP contribution is -2.53. The average molecular weight is 608 g/mol. The standard InChI is InChI=1S/C32H31ClFN3O4S/c1-23-8-18-29(19-9-23)42(40,41)37(28-16-12-26(33)13-17-28)22-31(38)36(21-25-10-14-27(34)15-11-25)30(32(39)35-2)20-24-6-4-3-5-7-24/h3-19,30H,20-22H2,1-2H3,(H,35,39)/t30-/m1/s1. The lowest BCUT2D eigenvalue weighted by atomic mass is 10.0. The summed E-state index contributed by atoms with van der Waals surface area (Å²) < 4.78 is 42.6. The molecule has 0 aliphatic rings. The Balaban J connectivity index is 1.77. The van der Waals surface area contributed by atoms with Crippen LogP contribution in [0.3, 0.4) is 0 Å². The van der Waals surface area contributed by atoms with E-state index < -0.39 is 40.2 Å². The zero-order chi connectivity index (χ0) is 30.3. The molecular weight excluding hydrogens is 577 g/mol. The SMILES string of the molecule is CNC(=O)[C@@H](Cc1ccccc1)N(Cc1ccc(F)cc1)C(=O)CN(c1ccc(Cl)cc1)S(=O)(=O)c1ccc(C)cc1. The second-order valence-corrected chi connectivity index (χ2v) is 12.1. The highest BCUT2D eigenvalue weighted by atomic mass is 35.5. The van der Waals surface area contributed by atoms with Gasteiger partial charge in [0.25, 0.3) is 10.0 Å². The van der Waals surface area contributed by atoms with Gasteiger partial charge in [-0.15, -0.1) is 0 Å². The van der Waals surface area contributed by atoms with Gasteiger partial charge < -0.3 is 10.2 Å². The molecule has 0 saturated carbocycles. The molecule has 4 rings (SSSR count). The van der Waals surface area contributed by atoms with E-state index in [4.69, 9.17) is 11.6 Å². The number of aryl methyl sites for hydroxylation is 1. The molecule has 0 spiro atoms. The average Bonchev–Trinajstić information content (AvgIpc) is 2.99. The van der Waals surface area contributed by atoms with Crippen LogP contribution < -0.4 is 9.62 Å². The van der Waals surface area contributed by atoms with Crippen molar-refractivity contribution in [2.24, 2.45) is 0 Å². The zero-order valence-electron chi connectivity index (χ0n) is 23.2. The number of likely N-dealkylation sites (N-methyl/N-ethyl adjacent to an activating group) is 1. The maximum absolute atomic E-state index is 14.2. The van der Waals surface area contributed by atoms with Gasteiger partial charge in [0.2, 0.25) is 11.8 Å². The highest BCUT2D eigenvalue weighted by Gasteiger charge is 2.34. The van der Waals surface area contributed by atoms with E-state index in [2.05, 4.69) is 5.32 Å². The molecular formula is C32H31ClFN3O4S. The number of anilines is 1. The number of carbonyl (C=O) groups excluding carboxylic acids is 2. The van der Waals surface area contributed by atoms with Gasteiger partial charge in [-0.2, -0.15) is 0 Å². The summed E-state index contributed by atoms with van der Waals surface area (Å²) in [7, 11) is -2.73. The second kappa shape index (κ2) is 13.6. The third-order valence-corrected chi connectivity index (χ3v) is 8.83. The van der Waals surface area contributed by atoms with E-state index in [9.17, 15) is 22.4 Å². The molecule has 0 aliphatic heterocycles. The van der Waals surface area contributed by atoms with Crippen molar-refractivity contribution >= 4 is 39.1 Å². The summed E-state index contributed by atoms with van der Waals surface area (Å²) in [6, 6.07) is 26.3. The molecule has 0 heterocycles. The first kappa shape index (κ1) is 30.7. The molecule has 2 amide bonds. The minimum atomic E-state index is -4.21. The molecule has 4 aromatic rings. The molecule has 0 unspecified atom stereocenters. The van der Waals surface area contributed by atoms with Gasteiger partial charge in [0.05, 0.1) is 10.6 Å². The topological polar surface area (TPSA) is 86.8 Å². The minimum absolute atomic E-state index is 0.00747. The van der Waals surface area contributed by atoms with Crippen molar-refractivity contribution in [1.29, 1.82) is 0 Å². The number of hydrogen-bond acceptors (Lipinski definition) is 4. The van der Waals surface area contributed by atoms with Crippen molar-refractivity contribution < 1.29 is 22.4 Å². The third-order valence-electron chi connectivity index (χ3n) is 6.79. The van der Waals surface area contributed by atoms with Crippen molar-refractivity contribution in [3.8, 4) is 0 Å². The molecule has 42 heavy (non-hydrogen) atoms. The molecule has 0 aliphatic carbocycles. The lowest BCUT2D eigenvalue weighted by molar-refractivity contribution is -0.139. The van der Waals surface area contributed by atoms with Crippen molar-refractivity contribution in [3.63, 3.8) is 0 Å².